The Hall–Kier alpha value is -1.53. The van der Waals surface area contributed by atoms with Crippen LogP contribution in [0, 0.1) is 12.8 Å². The molecule has 0 amide bonds. The number of hydrogen-bond donors (Lipinski definition) is 1. The smallest absolute Gasteiger partial charge is 0.313 e. The number of para-hydroxylation sites is 1. The molecule has 1 aliphatic heterocycles. The summed E-state index contributed by atoms with van der Waals surface area (Å²) in [6, 6.07) is 6.03. The number of aryl methyl sites for hydroxylation is 1. The topological polar surface area (TPSA) is 64.3 Å². The molecule has 1 aromatic carbocycles. The third-order valence-electron chi connectivity index (χ3n) is 3.72. The first-order valence-electron chi connectivity index (χ1n) is 7.03. The second-order valence-corrected chi connectivity index (χ2v) is 6.30. The van der Waals surface area contributed by atoms with E-state index in [0.717, 1.165) is 42.4 Å². The zero-order valence-electron chi connectivity index (χ0n) is 11.9. The van der Waals surface area contributed by atoms with Crippen LogP contribution in [0.5, 0.6) is 0 Å². The van der Waals surface area contributed by atoms with Gasteiger partial charge in [-0.25, -0.2) is 4.98 Å². The van der Waals surface area contributed by atoms with E-state index >= 15 is 0 Å². The van der Waals surface area contributed by atoms with Crippen molar-refractivity contribution in [2.45, 2.75) is 25.0 Å². The van der Waals surface area contributed by atoms with Gasteiger partial charge in [0.2, 0.25) is 0 Å². The van der Waals surface area contributed by atoms with Crippen LogP contribution in [0.15, 0.2) is 23.4 Å². The molecule has 0 bridgehead atoms. The fourth-order valence-electron chi connectivity index (χ4n) is 2.74. The minimum Gasteiger partial charge on any atom is -0.481 e. The van der Waals surface area contributed by atoms with Crippen molar-refractivity contribution in [1.82, 2.24) is 9.55 Å². The largest absolute Gasteiger partial charge is 0.481 e. The Kier molecular flexibility index (Phi) is 4.17. The Morgan fingerprint density at radius 3 is 3.14 bits per heavy atom. The number of ether oxygens (including phenoxy) is 1. The van der Waals surface area contributed by atoms with Gasteiger partial charge in [0.1, 0.15) is 0 Å². The summed E-state index contributed by atoms with van der Waals surface area (Å²) in [5.74, 6) is -0.311. The number of aliphatic carboxylic acids is 1. The molecule has 0 spiro atoms. The Morgan fingerprint density at radius 1 is 1.57 bits per heavy atom. The second-order valence-electron chi connectivity index (χ2n) is 5.36. The summed E-state index contributed by atoms with van der Waals surface area (Å²) in [7, 11) is 0. The first kappa shape index (κ1) is 14.4. The molecule has 1 unspecified atom stereocenters. The standard InChI is InChI=1S/C15H18N2O3S/c1-10-3-2-4-12-14(10)17(7-11-5-6-20-8-11)15(16-12)21-9-13(18)19/h2-4,11H,5-9H2,1H3,(H,18,19). The summed E-state index contributed by atoms with van der Waals surface area (Å²) in [5, 5.41) is 9.69. The molecule has 1 fully saturated rings. The average molecular weight is 306 g/mol. The second kappa shape index (κ2) is 6.07. The Bertz CT molecular complexity index is 662. The van der Waals surface area contributed by atoms with Crippen LogP contribution in [0.4, 0.5) is 0 Å². The first-order valence-corrected chi connectivity index (χ1v) is 8.02. The number of imidazole rings is 1. The van der Waals surface area contributed by atoms with Gasteiger partial charge >= 0.3 is 5.97 Å². The maximum atomic E-state index is 10.8. The lowest BCUT2D eigenvalue weighted by Gasteiger charge is -2.13. The molecule has 3 rings (SSSR count). The van der Waals surface area contributed by atoms with Gasteiger partial charge in [-0.2, -0.15) is 0 Å². The van der Waals surface area contributed by atoms with Crippen molar-refractivity contribution in [2.24, 2.45) is 5.92 Å². The van der Waals surface area contributed by atoms with Gasteiger partial charge in [-0.15, -0.1) is 0 Å². The lowest BCUT2D eigenvalue weighted by atomic mass is 10.1. The predicted octanol–water partition coefficient (Wildman–Crippen LogP) is 2.56. The number of carbonyl (C=O) groups is 1. The molecule has 1 N–H and O–H groups in total. The van der Waals surface area contributed by atoms with Crippen molar-refractivity contribution >= 4 is 28.8 Å². The quantitative estimate of drug-likeness (QED) is 0.860. The minimum atomic E-state index is -0.820. The molecule has 5 nitrogen and oxygen atoms in total. The van der Waals surface area contributed by atoms with E-state index in [9.17, 15) is 4.79 Å². The van der Waals surface area contributed by atoms with Gasteiger partial charge in [-0.1, -0.05) is 23.9 Å². The van der Waals surface area contributed by atoms with E-state index in [1.54, 1.807) is 0 Å². The molecule has 1 aliphatic rings. The average Bonchev–Trinajstić information content (AvgIpc) is 3.06. The Morgan fingerprint density at radius 2 is 2.43 bits per heavy atom. The maximum Gasteiger partial charge on any atom is 0.313 e. The van der Waals surface area contributed by atoms with Crippen LogP contribution in [-0.4, -0.2) is 39.6 Å². The zero-order chi connectivity index (χ0) is 14.8. The number of fused-ring (bicyclic) bond motifs is 1. The molecule has 1 saturated heterocycles. The highest BCUT2D eigenvalue weighted by Crippen LogP contribution is 2.28. The number of thioether (sulfide) groups is 1. The van der Waals surface area contributed by atoms with Crippen LogP contribution in [0.1, 0.15) is 12.0 Å². The van der Waals surface area contributed by atoms with E-state index in [0.29, 0.717) is 5.92 Å². The molecule has 2 aromatic rings. The van der Waals surface area contributed by atoms with E-state index < -0.39 is 5.97 Å². The van der Waals surface area contributed by atoms with Crippen molar-refractivity contribution < 1.29 is 14.6 Å². The van der Waals surface area contributed by atoms with Crippen molar-refractivity contribution in [1.29, 1.82) is 0 Å². The molecular formula is C15H18N2O3S. The highest BCUT2D eigenvalue weighted by molar-refractivity contribution is 7.99. The van der Waals surface area contributed by atoms with Crippen LogP contribution in [0.25, 0.3) is 11.0 Å². The molecule has 6 heteroatoms. The number of carboxylic acid groups (broad SMARTS) is 1. The highest BCUT2D eigenvalue weighted by Gasteiger charge is 2.21. The lowest BCUT2D eigenvalue weighted by molar-refractivity contribution is -0.133. The fraction of sp³-hybridized carbons (Fsp3) is 0.467. The monoisotopic (exact) mass is 306 g/mol. The van der Waals surface area contributed by atoms with Gasteiger partial charge in [-0.3, -0.25) is 4.79 Å². The van der Waals surface area contributed by atoms with Crippen LogP contribution in [-0.2, 0) is 16.1 Å². The minimum absolute atomic E-state index is 0.0313. The normalized spacial score (nSPS) is 18.4. The van der Waals surface area contributed by atoms with Crippen LogP contribution < -0.4 is 0 Å². The van der Waals surface area contributed by atoms with E-state index in [1.807, 2.05) is 12.1 Å². The molecule has 0 aliphatic carbocycles. The number of benzene rings is 1. The number of rotatable bonds is 5. The number of nitrogens with zero attached hydrogens (tertiary/aromatic N) is 2. The van der Waals surface area contributed by atoms with Crippen molar-refractivity contribution in [3.05, 3.63) is 23.8 Å². The molecule has 21 heavy (non-hydrogen) atoms. The molecule has 0 radical (unpaired) electrons. The number of aromatic nitrogens is 2. The van der Waals surface area contributed by atoms with E-state index in [1.165, 1.54) is 17.3 Å². The number of hydrogen-bond acceptors (Lipinski definition) is 4. The van der Waals surface area contributed by atoms with Crippen molar-refractivity contribution in [2.75, 3.05) is 19.0 Å². The summed E-state index contributed by atoms with van der Waals surface area (Å²) < 4.78 is 7.62. The van der Waals surface area contributed by atoms with Crippen LogP contribution in [0.2, 0.25) is 0 Å². The SMILES string of the molecule is Cc1cccc2nc(SCC(=O)O)n(CC3CCOC3)c12. The summed E-state index contributed by atoms with van der Waals surface area (Å²) in [5.41, 5.74) is 3.21. The third-order valence-corrected chi connectivity index (χ3v) is 4.68. The Labute approximate surface area is 127 Å². The predicted molar refractivity (Wildman–Crippen MR) is 81.8 cm³/mol. The summed E-state index contributed by atoms with van der Waals surface area (Å²) in [4.78, 5) is 15.4. The molecule has 1 aromatic heterocycles. The molecule has 1 atom stereocenters. The van der Waals surface area contributed by atoms with Crippen LogP contribution >= 0.6 is 11.8 Å². The van der Waals surface area contributed by atoms with E-state index in [4.69, 9.17) is 9.84 Å². The van der Waals surface area contributed by atoms with Gasteiger partial charge in [0.25, 0.3) is 0 Å². The fourth-order valence-corrected chi connectivity index (χ4v) is 3.47. The summed E-state index contributed by atoms with van der Waals surface area (Å²) >= 11 is 1.28. The van der Waals surface area contributed by atoms with Gasteiger partial charge < -0.3 is 14.4 Å². The molecule has 0 saturated carbocycles. The van der Waals surface area contributed by atoms with Crippen molar-refractivity contribution in [3.63, 3.8) is 0 Å². The van der Waals surface area contributed by atoms with E-state index in [-0.39, 0.29) is 5.75 Å². The maximum absolute atomic E-state index is 10.8. The molecular weight excluding hydrogens is 288 g/mol. The highest BCUT2D eigenvalue weighted by atomic mass is 32.2. The van der Waals surface area contributed by atoms with Crippen LogP contribution in [0.3, 0.4) is 0 Å². The third kappa shape index (κ3) is 3.06. The Balaban J connectivity index is 1.98. The van der Waals surface area contributed by atoms with Gasteiger partial charge in [0.15, 0.2) is 5.16 Å². The lowest BCUT2D eigenvalue weighted by Crippen LogP contribution is -2.12. The van der Waals surface area contributed by atoms with Gasteiger partial charge in [0.05, 0.1) is 23.4 Å². The van der Waals surface area contributed by atoms with Gasteiger partial charge in [0, 0.05) is 19.1 Å². The first-order chi connectivity index (χ1) is 10.1. The van der Waals surface area contributed by atoms with E-state index in [2.05, 4.69) is 22.5 Å². The summed E-state index contributed by atoms with van der Waals surface area (Å²) in [6.07, 6.45) is 1.05. The van der Waals surface area contributed by atoms with Crippen molar-refractivity contribution in [3.8, 4) is 0 Å². The zero-order valence-corrected chi connectivity index (χ0v) is 12.7. The summed E-state index contributed by atoms with van der Waals surface area (Å²) in [6.45, 7) is 4.49. The number of carboxylic acids is 1. The molecule has 112 valence electrons. The molecule has 2 heterocycles. The van der Waals surface area contributed by atoms with Gasteiger partial charge in [-0.05, 0) is 25.0 Å².